The number of aromatic nitrogens is 2. The molecule has 3 aromatic carbocycles. The zero-order chi connectivity index (χ0) is 25.2. The summed E-state index contributed by atoms with van der Waals surface area (Å²) in [6.45, 7) is 5.83. The first-order valence-electron chi connectivity index (χ1n) is 12.4. The molecule has 0 atom stereocenters. The first-order chi connectivity index (χ1) is 18.1. The van der Waals surface area contributed by atoms with Crippen molar-refractivity contribution in [3.63, 3.8) is 0 Å². The highest BCUT2D eigenvalue weighted by Crippen LogP contribution is 2.35. The van der Waals surface area contributed by atoms with Gasteiger partial charge < -0.3 is 15.0 Å². The molecule has 0 aliphatic carbocycles. The number of hydrogen-bond acceptors (Lipinski definition) is 6. The van der Waals surface area contributed by atoms with Gasteiger partial charge in [-0.25, -0.2) is 9.37 Å². The van der Waals surface area contributed by atoms with Crippen LogP contribution >= 0.6 is 11.3 Å². The van der Waals surface area contributed by atoms with E-state index in [1.165, 1.54) is 17.3 Å². The van der Waals surface area contributed by atoms with Crippen molar-refractivity contribution in [1.82, 2.24) is 9.97 Å². The first kappa shape index (κ1) is 23.6. The van der Waals surface area contributed by atoms with Gasteiger partial charge in [0.25, 0.3) is 0 Å². The fourth-order valence-corrected chi connectivity index (χ4v) is 5.43. The van der Waals surface area contributed by atoms with Gasteiger partial charge in [0.05, 0.1) is 46.5 Å². The molecule has 0 radical (unpaired) electrons. The molecule has 3 heterocycles. The standard InChI is InChI=1S/C30H27FN4OS/c1-20-13-23(5-7-27(20)31)30-26(22-6-8-28-29(15-22)37-19-34-28)16-24(18-33-30)32-17-21-3-2-4-25(14-21)35-9-11-36-12-10-35/h2-8,13-16,18-19,32H,9-12,17H2,1H3. The fraction of sp³-hybridized carbons (Fsp3) is 0.200. The van der Waals surface area contributed by atoms with E-state index in [2.05, 4.69) is 57.7 Å². The molecule has 1 aliphatic rings. The molecule has 0 unspecified atom stereocenters. The lowest BCUT2D eigenvalue weighted by Gasteiger charge is -2.29. The number of rotatable bonds is 6. The summed E-state index contributed by atoms with van der Waals surface area (Å²) in [6, 6.07) is 22.2. The van der Waals surface area contributed by atoms with Crippen LogP contribution in [0.4, 0.5) is 15.8 Å². The van der Waals surface area contributed by atoms with E-state index in [-0.39, 0.29) is 5.82 Å². The lowest BCUT2D eigenvalue weighted by molar-refractivity contribution is 0.122. The van der Waals surface area contributed by atoms with Crippen molar-refractivity contribution < 1.29 is 9.13 Å². The van der Waals surface area contributed by atoms with Crippen LogP contribution in [-0.4, -0.2) is 36.3 Å². The van der Waals surface area contributed by atoms with Gasteiger partial charge in [-0.3, -0.25) is 4.98 Å². The number of anilines is 2. The Kier molecular flexibility index (Phi) is 6.55. The molecular weight excluding hydrogens is 483 g/mol. The van der Waals surface area contributed by atoms with Crippen molar-refractivity contribution in [2.24, 2.45) is 0 Å². The van der Waals surface area contributed by atoms with Crippen molar-refractivity contribution in [2.45, 2.75) is 13.5 Å². The molecule has 6 rings (SSSR count). The average molecular weight is 511 g/mol. The number of pyridine rings is 1. The highest BCUT2D eigenvalue weighted by molar-refractivity contribution is 7.16. The minimum Gasteiger partial charge on any atom is -0.380 e. The van der Waals surface area contributed by atoms with Crippen LogP contribution in [0.25, 0.3) is 32.6 Å². The average Bonchev–Trinajstić information content (AvgIpc) is 3.42. The second-order valence-electron chi connectivity index (χ2n) is 9.24. The number of fused-ring (bicyclic) bond motifs is 1. The molecule has 5 nitrogen and oxygen atoms in total. The number of nitrogens with zero attached hydrogens (tertiary/aromatic N) is 3. The summed E-state index contributed by atoms with van der Waals surface area (Å²) in [5.74, 6) is -0.214. The Balaban J connectivity index is 1.32. The van der Waals surface area contributed by atoms with Gasteiger partial charge in [-0.2, -0.15) is 0 Å². The predicted octanol–water partition coefficient (Wildman–Crippen LogP) is 6.92. The van der Waals surface area contributed by atoms with Gasteiger partial charge >= 0.3 is 0 Å². The summed E-state index contributed by atoms with van der Waals surface area (Å²) in [5.41, 5.74) is 10.6. The Morgan fingerprint density at radius 1 is 0.973 bits per heavy atom. The number of nitrogens with one attached hydrogen (secondary N) is 1. The maximum atomic E-state index is 14.0. The molecule has 1 aliphatic heterocycles. The zero-order valence-electron chi connectivity index (χ0n) is 20.6. The highest BCUT2D eigenvalue weighted by atomic mass is 32.1. The number of thiazole rings is 1. The topological polar surface area (TPSA) is 50.3 Å². The largest absolute Gasteiger partial charge is 0.380 e. The van der Waals surface area contributed by atoms with Gasteiger partial charge in [0.2, 0.25) is 0 Å². The molecule has 0 amide bonds. The molecule has 5 aromatic rings. The molecule has 1 fully saturated rings. The summed E-state index contributed by atoms with van der Waals surface area (Å²) in [4.78, 5) is 11.6. The van der Waals surface area contributed by atoms with Crippen LogP contribution in [0.5, 0.6) is 0 Å². The molecule has 186 valence electrons. The fourth-order valence-electron chi connectivity index (χ4n) is 4.71. The van der Waals surface area contributed by atoms with E-state index in [0.717, 1.165) is 64.6 Å². The molecule has 7 heteroatoms. The monoisotopic (exact) mass is 510 g/mol. The zero-order valence-corrected chi connectivity index (χ0v) is 21.4. The third-order valence-electron chi connectivity index (χ3n) is 6.74. The minimum absolute atomic E-state index is 0.214. The van der Waals surface area contributed by atoms with Gasteiger partial charge in [-0.05, 0) is 72.1 Å². The first-order valence-corrected chi connectivity index (χ1v) is 13.3. The second kappa shape index (κ2) is 10.3. The van der Waals surface area contributed by atoms with Crippen molar-refractivity contribution >= 4 is 32.9 Å². The van der Waals surface area contributed by atoms with Crippen LogP contribution in [0.2, 0.25) is 0 Å². The van der Waals surface area contributed by atoms with Gasteiger partial charge in [-0.15, -0.1) is 11.3 Å². The maximum absolute atomic E-state index is 14.0. The summed E-state index contributed by atoms with van der Waals surface area (Å²) in [6.07, 6.45) is 1.86. The number of benzene rings is 3. The third kappa shape index (κ3) is 5.05. The van der Waals surface area contributed by atoms with Crippen LogP contribution in [0, 0.1) is 12.7 Å². The van der Waals surface area contributed by atoms with E-state index < -0.39 is 0 Å². The summed E-state index contributed by atoms with van der Waals surface area (Å²) < 4.78 is 20.6. The molecule has 1 N–H and O–H groups in total. The maximum Gasteiger partial charge on any atom is 0.126 e. The van der Waals surface area contributed by atoms with Crippen LogP contribution in [0.1, 0.15) is 11.1 Å². The van der Waals surface area contributed by atoms with Crippen LogP contribution in [0.3, 0.4) is 0 Å². The van der Waals surface area contributed by atoms with Crippen LogP contribution in [-0.2, 0) is 11.3 Å². The Hall–Kier alpha value is -3.81. The summed E-state index contributed by atoms with van der Waals surface area (Å²) >= 11 is 1.62. The van der Waals surface area contributed by atoms with E-state index in [4.69, 9.17) is 9.72 Å². The molecule has 0 saturated carbocycles. The van der Waals surface area contributed by atoms with Gasteiger partial charge in [0.15, 0.2) is 0 Å². The smallest absolute Gasteiger partial charge is 0.126 e. The molecular formula is C30H27FN4OS. The Labute approximate surface area is 219 Å². The summed E-state index contributed by atoms with van der Waals surface area (Å²) in [7, 11) is 0. The van der Waals surface area contributed by atoms with E-state index >= 15 is 0 Å². The highest BCUT2D eigenvalue weighted by Gasteiger charge is 2.14. The minimum atomic E-state index is -0.214. The van der Waals surface area contributed by atoms with E-state index in [9.17, 15) is 4.39 Å². The molecule has 2 aromatic heterocycles. The number of aryl methyl sites for hydroxylation is 1. The van der Waals surface area contributed by atoms with Crippen molar-refractivity contribution in [1.29, 1.82) is 0 Å². The third-order valence-corrected chi connectivity index (χ3v) is 7.54. The predicted molar refractivity (Wildman–Crippen MR) is 150 cm³/mol. The Morgan fingerprint density at radius 2 is 1.84 bits per heavy atom. The second-order valence-corrected chi connectivity index (χ2v) is 10.1. The van der Waals surface area contributed by atoms with E-state index in [1.54, 1.807) is 24.3 Å². The van der Waals surface area contributed by atoms with Crippen LogP contribution < -0.4 is 10.2 Å². The van der Waals surface area contributed by atoms with Crippen molar-refractivity contribution in [3.05, 3.63) is 95.4 Å². The Bertz CT molecular complexity index is 1560. The SMILES string of the molecule is Cc1cc(-c2ncc(NCc3cccc(N4CCOCC4)c3)cc2-c2ccc3ncsc3c2)ccc1F. The van der Waals surface area contributed by atoms with Gasteiger partial charge in [0, 0.05) is 36.4 Å². The van der Waals surface area contributed by atoms with Crippen LogP contribution in [0.15, 0.2) is 78.4 Å². The summed E-state index contributed by atoms with van der Waals surface area (Å²) in [5, 5.41) is 3.56. The quantitative estimate of drug-likeness (QED) is 0.269. The molecule has 1 saturated heterocycles. The molecule has 0 bridgehead atoms. The lowest BCUT2D eigenvalue weighted by Crippen LogP contribution is -2.36. The van der Waals surface area contributed by atoms with Gasteiger partial charge in [0.1, 0.15) is 5.82 Å². The normalized spacial score (nSPS) is 13.7. The van der Waals surface area contributed by atoms with E-state index in [1.807, 2.05) is 23.8 Å². The van der Waals surface area contributed by atoms with Gasteiger partial charge in [-0.1, -0.05) is 18.2 Å². The molecule has 37 heavy (non-hydrogen) atoms. The number of halogens is 1. The molecule has 0 spiro atoms. The lowest BCUT2D eigenvalue weighted by atomic mass is 9.97. The van der Waals surface area contributed by atoms with Crippen molar-refractivity contribution in [3.8, 4) is 22.4 Å². The van der Waals surface area contributed by atoms with Crippen molar-refractivity contribution in [2.75, 3.05) is 36.5 Å². The van der Waals surface area contributed by atoms with E-state index in [0.29, 0.717) is 12.1 Å². The Morgan fingerprint density at radius 3 is 2.70 bits per heavy atom. The number of ether oxygens (including phenoxy) is 1. The number of morpholine rings is 1. The number of hydrogen-bond donors (Lipinski definition) is 1.